The molecule has 0 aliphatic rings. The van der Waals surface area contributed by atoms with Crippen molar-refractivity contribution in [3.8, 4) is 0 Å². The van der Waals surface area contributed by atoms with E-state index in [1.54, 1.807) is 0 Å². The van der Waals surface area contributed by atoms with Crippen molar-refractivity contribution in [2.45, 2.75) is 0 Å². The minimum Gasteiger partial charge on any atom is -0.294 e. The van der Waals surface area contributed by atoms with Crippen LogP contribution in [0.15, 0.2) is 12.7 Å². The van der Waals surface area contributed by atoms with Gasteiger partial charge in [0.05, 0.1) is 6.92 Å². The van der Waals surface area contributed by atoms with Crippen molar-refractivity contribution in [2.75, 3.05) is 0 Å². The first kappa shape index (κ1) is 15.7. The van der Waals surface area contributed by atoms with Crippen molar-refractivity contribution in [3.05, 3.63) is 19.6 Å². The molecule has 0 rings (SSSR count). The molecule has 0 aliphatic carbocycles. The van der Waals surface area contributed by atoms with E-state index in [2.05, 4.69) is 6.58 Å². The molecule has 0 saturated heterocycles. The summed E-state index contributed by atoms with van der Waals surface area (Å²) in [7, 11) is 0. The Hall–Kier alpha value is 0.224. The van der Waals surface area contributed by atoms with E-state index in [9.17, 15) is 4.79 Å². The van der Waals surface area contributed by atoms with Gasteiger partial charge in [-0.3, -0.25) is 4.79 Å². The van der Waals surface area contributed by atoms with E-state index in [4.69, 9.17) is 6.92 Å². The molecule has 8 radical (unpaired) electrons. The average Bonchev–Trinajstić information content (AvgIpc) is 1.38. The third kappa shape index (κ3) is 22.4. The number of hydrogen-bond acceptors (Lipinski definition) is 1. The van der Waals surface area contributed by atoms with Gasteiger partial charge >= 0.3 is 0 Å². The van der Waals surface area contributed by atoms with Gasteiger partial charge in [0.25, 0.3) is 0 Å². The Kier molecular flexibility index (Phi) is 21.3. The number of hydrogen-bond donors (Lipinski definition) is 0. The maximum Gasteiger partial charge on any atom is 0.164 e. The molecule has 0 N–H and O–H groups in total. The summed E-state index contributed by atoms with van der Waals surface area (Å²) in [5, 5.41) is 0. The van der Waals surface area contributed by atoms with Crippen LogP contribution in [0.25, 0.3) is 0 Å². The van der Waals surface area contributed by atoms with Crippen LogP contribution in [-0.4, -0.2) is 35.6 Å². The molecule has 0 fully saturated rings. The van der Waals surface area contributed by atoms with E-state index in [-0.39, 0.29) is 29.8 Å². The maximum atomic E-state index is 9.36. The Bertz CT molecular complexity index is 62.7. The van der Waals surface area contributed by atoms with Gasteiger partial charge < -0.3 is 0 Å². The number of carbonyl (C=O) groups is 1. The maximum absolute atomic E-state index is 9.36. The monoisotopic (exact) mass is 102 g/mol. The molecule has 1 nitrogen and oxygen atoms in total. The molecule has 3 heteroatoms. The van der Waals surface area contributed by atoms with E-state index in [1.165, 1.54) is 0 Å². The van der Waals surface area contributed by atoms with Crippen LogP contribution < -0.4 is 0 Å². The van der Waals surface area contributed by atoms with E-state index >= 15 is 0 Å². The van der Waals surface area contributed by atoms with Crippen LogP contribution in [0.1, 0.15) is 0 Å². The smallest absolute Gasteiger partial charge is 0.164 e. The summed E-state index contributed by atoms with van der Waals surface area (Å²) in [5.41, 5.74) is 0. The Morgan fingerprint density at radius 2 is 1.86 bits per heavy atom. The fourth-order valence-corrected chi connectivity index (χ4v) is 0. The first-order valence-corrected chi connectivity index (χ1v) is 1.15. The quantitative estimate of drug-likeness (QED) is 0.324. The molecule has 0 bridgehead atoms. The topological polar surface area (TPSA) is 17.1 Å². The summed E-state index contributed by atoms with van der Waals surface area (Å²) < 4.78 is 0. The van der Waals surface area contributed by atoms with Gasteiger partial charge in [-0.1, -0.05) is 6.58 Å². The number of ketones is 1. The molecule has 30 valence electrons. The van der Waals surface area contributed by atoms with Gasteiger partial charge in [-0.2, -0.15) is 0 Å². The fourth-order valence-electron chi connectivity index (χ4n) is 0. The zero-order valence-electron chi connectivity index (χ0n) is 4.19. The molecule has 0 saturated carbocycles. The molecule has 0 atom stereocenters. The first-order chi connectivity index (χ1) is 2.27. The van der Waals surface area contributed by atoms with E-state index in [0.29, 0.717) is 0 Å². The van der Waals surface area contributed by atoms with Crippen molar-refractivity contribution >= 4 is 35.6 Å². The zero-order valence-corrected chi connectivity index (χ0v) is 5.19. The van der Waals surface area contributed by atoms with Gasteiger partial charge in [-0.25, -0.2) is 0 Å². The van der Waals surface area contributed by atoms with Gasteiger partial charge in [-0.05, 0) is 6.08 Å². The van der Waals surface area contributed by atoms with Crippen molar-refractivity contribution in [1.82, 2.24) is 0 Å². The summed E-state index contributed by atoms with van der Waals surface area (Å²) in [6.07, 6.45) is 0.944. The molecule has 0 aliphatic heterocycles. The third-order valence-electron chi connectivity index (χ3n) is 0.185. The molecule has 0 aromatic rings. The van der Waals surface area contributed by atoms with Crippen LogP contribution in [0, 0.1) is 6.92 Å². The summed E-state index contributed by atoms with van der Waals surface area (Å²) in [6.45, 7) is 9.09. The van der Waals surface area contributed by atoms with Crippen LogP contribution in [0.4, 0.5) is 0 Å². The molecule has 0 unspecified atom stereocenters. The van der Waals surface area contributed by atoms with Crippen LogP contribution in [-0.2, 0) is 4.79 Å². The van der Waals surface area contributed by atoms with E-state index < -0.39 is 5.78 Å². The van der Waals surface area contributed by atoms with Crippen molar-refractivity contribution in [3.63, 3.8) is 0 Å². The van der Waals surface area contributed by atoms with Crippen molar-refractivity contribution in [2.24, 2.45) is 0 Å². The minimum atomic E-state index is -0.731. The van der Waals surface area contributed by atoms with Gasteiger partial charge in [0, 0.05) is 29.8 Å². The summed E-state index contributed by atoms with van der Waals surface area (Å²) >= 11 is 0. The van der Waals surface area contributed by atoms with Gasteiger partial charge in [-0.15, -0.1) is 0 Å². The van der Waals surface area contributed by atoms with Gasteiger partial charge in [0.15, 0.2) is 5.78 Å². The number of rotatable bonds is 1. The summed E-state index contributed by atoms with van der Waals surface area (Å²) in [4.78, 5) is 9.36. The molecule has 0 aromatic heterocycles. The predicted octanol–water partition coefficient (Wildman–Crippen LogP) is -0.432. The van der Waals surface area contributed by atoms with Crippen molar-refractivity contribution in [1.29, 1.82) is 0 Å². The number of allylic oxidation sites excluding steroid dienone is 1. The largest absolute Gasteiger partial charge is 0.294 e. The van der Waals surface area contributed by atoms with Gasteiger partial charge in [0.2, 0.25) is 0 Å². The Balaban J connectivity index is -0.0000000800. The second kappa shape index (κ2) is 9.52. The standard InChI is InChI=1S/C4H3O.Li.Si/c1-3-4(2)5;;/h3H,1H2;;. The third-order valence-corrected chi connectivity index (χ3v) is 0.185. The zero-order chi connectivity index (χ0) is 4.28. The SMILES string of the molecule is [C]C(=O)C=C.[Li].[Si]. The van der Waals surface area contributed by atoms with Crippen LogP contribution in [0.5, 0.6) is 0 Å². The summed E-state index contributed by atoms with van der Waals surface area (Å²) in [5.74, 6) is -0.731. The molecule has 0 amide bonds. The van der Waals surface area contributed by atoms with Gasteiger partial charge in [0.1, 0.15) is 0 Å². The van der Waals surface area contributed by atoms with Crippen LogP contribution >= 0.6 is 0 Å². The molecule has 0 heterocycles. The van der Waals surface area contributed by atoms with E-state index in [1.807, 2.05) is 0 Å². The minimum absolute atomic E-state index is 0. The molecule has 7 heavy (non-hydrogen) atoms. The second-order valence-corrected chi connectivity index (χ2v) is 0.568. The van der Waals surface area contributed by atoms with Crippen molar-refractivity contribution < 1.29 is 4.79 Å². The first-order valence-electron chi connectivity index (χ1n) is 1.15. The fraction of sp³-hybridized carbons (Fsp3) is 0. The van der Waals surface area contributed by atoms with E-state index in [0.717, 1.165) is 6.08 Å². The Labute approximate surface area is 60.4 Å². The van der Waals surface area contributed by atoms with Crippen LogP contribution in [0.2, 0.25) is 0 Å². The average molecular weight is 102 g/mol. The number of carbonyl (C=O) groups excluding carboxylic acids is 1. The molecule has 0 aromatic carbocycles. The predicted molar refractivity (Wildman–Crippen MR) is 30.0 cm³/mol. The Morgan fingerprint density at radius 1 is 1.71 bits per heavy atom. The molecular weight excluding hydrogens is 99.1 g/mol. The molecular formula is C4H3LiOSi. The van der Waals surface area contributed by atoms with Crippen LogP contribution in [0.3, 0.4) is 0 Å². The summed E-state index contributed by atoms with van der Waals surface area (Å²) in [6, 6.07) is 0. The normalized spacial score (nSPS) is 4.71. The molecule has 0 spiro atoms. The Morgan fingerprint density at radius 3 is 1.86 bits per heavy atom. The second-order valence-electron chi connectivity index (χ2n) is 0.568.